The van der Waals surface area contributed by atoms with E-state index in [1.54, 1.807) is 0 Å². The summed E-state index contributed by atoms with van der Waals surface area (Å²) in [5.41, 5.74) is -2.56. The molecule has 0 aromatic heterocycles. The minimum Gasteiger partial charge on any atom is -0.294 e. The molecule has 0 atom stereocenters. The number of halogens is 3. The lowest BCUT2D eigenvalue weighted by Crippen LogP contribution is -2.14. The molecule has 0 unspecified atom stereocenters. The van der Waals surface area contributed by atoms with Gasteiger partial charge in [0.15, 0.2) is 5.78 Å². The Hall–Kier alpha value is -1.92. The molecule has 0 heterocycles. The first-order valence-electron chi connectivity index (χ1n) is 4.52. The third kappa shape index (κ3) is 2.43. The summed E-state index contributed by atoms with van der Waals surface area (Å²) < 4.78 is 37.8. The summed E-state index contributed by atoms with van der Waals surface area (Å²) >= 11 is 0. The van der Waals surface area contributed by atoms with Crippen molar-refractivity contribution in [1.82, 2.24) is 0 Å². The van der Waals surface area contributed by atoms with E-state index in [9.17, 15) is 28.1 Å². The number of carbonyl (C=O) groups is 1. The van der Waals surface area contributed by atoms with Crippen molar-refractivity contribution in [3.05, 3.63) is 38.9 Å². The molecule has 17 heavy (non-hydrogen) atoms. The molecule has 0 saturated carbocycles. The van der Waals surface area contributed by atoms with Crippen LogP contribution in [0.2, 0.25) is 0 Å². The molecule has 0 N–H and O–H groups in total. The number of alkyl halides is 3. The molecule has 0 amide bonds. The van der Waals surface area contributed by atoms with Crippen molar-refractivity contribution < 1.29 is 22.9 Å². The third-order valence-electron chi connectivity index (χ3n) is 2.29. The van der Waals surface area contributed by atoms with Crippen LogP contribution in [0.1, 0.15) is 28.4 Å². The fourth-order valence-electron chi connectivity index (χ4n) is 1.59. The minimum absolute atomic E-state index is 0.266. The molecule has 7 heteroatoms. The van der Waals surface area contributed by atoms with Gasteiger partial charge >= 0.3 is 6.18 Å². The monoisotopic (exact) mass is 247 g/mol. The molecule has 1 aromatic carbocycles. The number of nitro benzene ring substituents is 1. The summed E-state index contributed by atoms with van der Waals surface area (Å²) in [4.78, 5) is 20.9. The predicted octanol–water partition coefficient (Wildman–Crippen LogP) is 3.12. The van der Waals surface area contributed by atoms with Gasteiger partial charge in [-0.25, -0.2) is 0 Å². The zero-order chi connectivity index (χ0) is 13.4. The lowest BCUT2D eigenvalue weighted by atomic mass is 9.97. The second-order valence-corrected chi connectivity index (χ2v) is 3.44. The van der Waals surface area contributed by atoms with Crippen LogP contribution in [0.5, 0.6) is 0 Å². The Morgan fingerprint density at radius 1 is 1.35 bits per heavy atom. The van der Waals surface area contributed by atoms with E-state index in [-0.39, 0.29) is 5.56 Å². The highest BCUT2D eigenvalue weighted by molar-refractivity contribution is 5.98. The predicted molar refractivity (Wildman–Crippen MR) is 52.8 cm³/mol. The second kappa shape index (κ2) is 4.15. The quantitative estimate of drug-likeness (QED) is 0.458. The van der Waals surface area contributed by atoms with Crippen LogP contribution in [-0.2, 0) is 6.18 Å². The Balaban J connectivity index is 3.63. The van der Waals surface area contributed by atoms with Crippen molar-refractivity contribution in [2.24, 2.45) is 0 Å². The van der Waals surface area contributed by atoms with Gasteiger partial charge in [-0.05, 0) is 19.9 Å². The van der Waals surface area contributed by atoms with Gasteiger partial charge in [-0.2, -0.15) is 13.2 Å². The lowest BCUT2D eigenvalue weighted by molar-refractivity contribution is -0.385. The summed E-state index contributed by atoms with van der Waals surface area (Å²) in [6, 6.07) is 1.31. The van der Waals surface area contributed by atoms with Gasteiger partial charge in [-0.3, -0.25) is 14.9 Å². The minimum atomic E-state index is -4.71. The number of hydrogen-bond acceptors (Lipinski definition) is 3. The van der Waals surface area contributed by atoms with Crippen LogP contribution in [-0.4, -0.2) is 10.7 Å². The standard InChI is InChI=1S/C10H8F3NO3/c1-5-8(14(16)17)4-3-7(10(11,12)13)9(5)6(2)15/h3-4H,1-2H3. The second-order valence-electron chi connectivity index (χ2n) is 3.44. The molecular formula is C10H8F3NO3. The Morgan fingerprint density at radius 3 is 2.24 bits per heavy atom. The molecule has 0 aliphatic heterocycles. The molecular weight excluding hydrogens is 239 g/mol. The lowest BCUT2D eigenvalue weighted by Gasteiger charge is -2.13. The van der Waals surface area contributed by atoms with Gasteiger partial charge in [0, 0.05) is 17.2 Å². The number of rotatable bonds is 2. The van der Waals surface area contributed by atoms with Crippen molar-refractivity contribution >= 4 is 11.5 Å². The normalized spacial score (nSPS) is 11.4. The average Bonchev–Trinajstić information content (AvgIpc) is 2.14. The van der Waals surface area contributed by atoms with Crippen LogP contribution in [0, 0.1) is 17.0 Å². The molecule has 0 saturated heterocycles. The zero-order valence-electron chi connectivity index (χ0n) is 8.96. The molecule has 4 nitrogen and oxygen atoms in total. The highest BCUT2D eigenvalue weighted by Gasteiger charge is 2.36. The van der Waals surface area contributed by atoms with Crippen LogP contribution in [0.25, 0.3) is 0 Å². The molecule has 0 fully saturated rings. The van der Waals surface area contributed by atoms with Crippen LogP contribution in [0.15, 0.2) is 12.1 Å². The Labute approximate surface area is 94.2 Å². The smallest absolute Gasteiger partial charge is 0.294 e. The number of benzene rings is 1. The Kier molecular flexibility index (Phi) is 3.21. The summed E-state index contributed by atoms with van der Waals surface area (Å²) in [6.45, 7) is 2.07. The van der Waals surface area contributed by atoms with E-state index in [1.807, 2.05) is 0 Å². The molecule has 0 aliphatic carbocycles. The number of nitrogens with zero attached hydrogens (tertiary/aromatic N) is 1. The maximum Gasteiger partial charge on any atom is 0.417 e. The van der Waals surface area contributed by atoms with Crippen molar-refractivity contribution in [2.45, 2.75) is 20.0 Å². The van der Waals surface area contributed by atoms with E-state index >= 15 is 0 Å². The van der Waals surface area contributed by atoms with Crippen molar-refractivity contribution in [2.75, 3.05) is 0 Å². The third-order valence-corrected chi connectivity index (χ3v) is 2.29. The van der Waals surface area contributed by atoms with Crippen molar-refractivity contribution in [1.29, 1.82) is 0 Å². The SMILES string of the molecule is CC(=O)c1c(C(F)(F)F)ccc([N+](=O)[O-])c1C. The number of carbonyl (C=O) groups excluding carboxylic acids is 1. The van der Waals surface area contributed by atoms with Gasteiger partial charge in [0.1, 0.15) is 0 Å². The summed E-state index contributed by atoms with van der Waals surface area (Å²) in [5.74, 6) is -0.849. The van der Waals surface area contributed by atoms with Crippen molar-refractivity contribution in [3.8, 4) is 0 Å². The maximum atomic E-state index is 12.6. The van der Waals surface area contributed by atoms with Gasteiger partial charge < -0.3 is 0 Å². The Bertz CT molecular complexity index is 494. The Morgan fingerprint density at radius 2 is 1.88 bits per heavy atom. The molecule has 0 bridgehead atoms. The van der Waals surface area contributed by atoms with Gasteiger partial charge in [-0.15, -0.1) is 0 Å². The highest BCUT2D eigenvalue weighted by Crippen LogP contribution is 2.36. The zero-order valence-corrected chi connectivity index (χ0v) is 8.96. The fraction of sp³-hybridized carbons (Fsp3) is 0.300. The molecule has 92 valence electrons. The molecule has 1 rings (SSSR count). The van der Waals surface area contributed by atoms with Crippen LogP contribution < -0.4 is 0 Å². The van der Waals surface area contributed by atoms with E-state index in [4.69, 9.17) is 0 Å². The fourth-order valence-corrected chi connectivity index (χ4v) is 1.59. The first-order valence-corrected chi connectivity index (χ1v) is 4.52. The first kappa shape index (κ1) is 13.1. The molecule has 0 radical (unpaired) electrons. The number of hydrogen-bond donors (Lipinski definition) is 0. The first-order chi connectivity index (χ1) is 7.66. The van der Waals surface area contributed by atoms with E-state index in [0.717, 1.165) is 19.9 Å². The summed E-state index contributed by atoms with van der Waals surface area (Å²) in [5, 5.41) is 10.6. The van der Waals surface area contributed by atoms with Crippen LogP contribution >= 0.6 is 0 Å². The number of nitro groups is 1. The average molecular weight is 247 g/mol. The maximum absolute atomic E-state index is 12.6. The highest BCUT2D eigenvalue weighted by atomic mass is 19.4. The molecule has 0 aliphatic rings. The van der Waals surface area contributed by atoms with E-state index in [1.165, 1.54) is 0 Å². The van der Waals surface area contributed by atoms with Crippen LogP contribution in [0.3, 0.4) is 0 Å². The van der Waals surface area contributed by atoms with Gasteiger partial charge in [0.2, 0.25) is 0 Å². The number of ketones is 1. The summed E-state index contributed by atoms with van der Waals surface area (Å²) in [7, 11) is 0. The van der Waals surface area contributed by atoms with E-state index in [2.05, 4.69) is 0 Å². The van der Waals surface area contributed by atoms with Crippen LogP contribution in [0.4, 0.5) is 18.9 Å². The van der Waals surface area contributed by atoms with Gasteiger partial charge in [0.25, 0.3) is 5.69 Å². The number of Topliss-reactive ketones (excluding diaryl/α,β-unsaturated/α-hetero) is 1. The van der Waals surface area contributed by atoms with Gasteiger partial charge in [0.05, 0.1) is 10.5 Å². The van der Waals surface area contributed by atoms with E-state index < -0.39 is 33.7 Å². The largest absolute Gasteiger partial charge is 0.417 e. The van der Waals surface area contributed by atoms with Crippen molar-refractivity contribution in [3.63, 3.8) is 0 Å². The van der Waals surface area contributed by atoms with E-state index in [0.29, 0.717) is 6.07 Å². The molecule has 0 spiro atoms. The molecule has 1 aromatic rings. The summed E-state index contributed by atoms with van der Waals surface area (Å²) in [6.07, 6.45) is -4.71. The van der Waals surface area contributed by atoms with Gasteiger partial charge in [-0.1, -0.05) is 0 Å². The topological polar surface area (TPSA) is 60.2 Å².